The minimum Gasteiger partial charge on any atom is -0.457 e. The average Bonchev–Trinajstić information content (AvgIpc) is 2.77. The van der Waals surface area contributed by atoms with Gasteiger partial charge < -0.3 is 4.74 Å². The van der Waals surface area contributed by atoms with Crippen LogP contribution in [0.3, 0.4) is 0 Å². The maximum Gasteiger partial charge on any atom is 0.339 e. The Morgan fingerprint density at radius 2 is 1.81 bits per heavy atom. The molecule has 0 fully saturated rings. The maximum atomic E-state index is 12.9. The van der Waals surface area contributed by atoms with Crippen LogP contribution in [-0.4, -0.2) is 15.9 Å². The van der Waals surface area contributed by atoms with Gasteiger partial charge in [0.15, 0.2) is 0 Å². The molecule has 6 nitrogen and oxygen atoms in total. The molecule has 1 aromatic heterocycles. The SMILES string of the molecule is O=C(OCc1cccc([N+](=O)[O-])c1)c1cc(-c2ccc(Cl)cc2Cl)nc2ccccc12. The molecule has 1 heterocycles. The van der Waals surface area contributed by atoms with Crippen LogP contribution in [0.25, 0.3) is 22.2 Å². The van der Waals surface area contributed by atoms with Crippen molar-refractivity contribution in [2.75, 3.05) is 0 Å². The smallest absolute Gasteiger partial charge is 0.339 e. The molecular formula is C23H14Cl2N2O4. The van der Waals surface area contributed by atoms with Crippen molar-refractivity contribution < 1.29 is 14.5 Å². The second-order valence-electron chi connectivity index (χ2n) is 6.70. The van der Waals surface area contributed by atoms with Gasteiger partial charge in [0.1, 0.15) is 6.61 Å². The number of para-hydroxylation sites is 1. The summed E-state index contributed by atoms with van der Waals surface area (Å²) in [4.78, 5) is 28.0. The number of nitrogens with zero attached hydrogens (tertiary/aromatic N) is 2. The Balaban J connectivity index is 1.70. The Morgan fingerprint density at radius 1 is 1.00 bits per heavy atom. The van der Waals surface area contributed by atoms with Crippen LogP contribution in [0.15, 0.2) is 72.8 Å². The Kier molecular flexibility index (Phi) is 5.84. The summed E-state index contributed by atoms with van der Waals surface area (Å²) in [5.41, 5.74) is 2.50. The van der Waals surface area contributed by atoms with E-state index in [0.29, 0.717) is 43.3 Å². The first-order chi connectivity index (χ1) is 14.9. The first-order valence-corrected chi connectivity index (χ1v) is 9.93. The third-order valence-electron chi connectivity index (χ3n) is 4.63. The Labute approximate surface area is 187 Å². The molecule has 4 rings (SSSR count). The van der Waals surface area contributed by atoms with Crippen molar-refractivity contribution in [3.63, 3.8) is 0 Å². The van der Waals surface area contributed by atoms with E-state index in [1.54, 1.807) is 54.6 Å². The second-order valence-corrected chi connectivity index (χ2v) is 7.54. The fraction of sp³-hybridized carbons (Fsp3) is 0.0435. The highest BCUT2D eigenvalue weighted by Gasteiger charge is 2.17. The number of esters is 1. The molecule has 0 amide bonds. The number of fused-ring (bicyclic) bond motifs is 1. The largest absolute Gasteiger partial charge is 0.457 e. The summed E-state index contributed by atoms with van der Waals surface area (Å²) in [5.74, 6) is -0.573. The molecule has 0 bridgehead atoms. The predicted octanol–water partition coefficient (Wildman–Crippen LogP) is 6.47. The van der Waals surface area contributed by atoms with Gasteiger partial charge in [0.05, 0.1) is 26.7 Å². The Hall–Kier alpha value is -3.48. The molecule has 0 aliphatic heterocycles. The third kappa shape index (κ3) is 4.50. The summed E-state index contributed by atoms with van der Waals surface area (Å²) in [7, 11) is 0. The highest BCUT2D eigenvalue weighted by atomic mass is 35.5. The summed E-state index contributed by atoms with van der Waals surface area (Å²) in [6.45, 7) is -0.103. The van der Waals surface area contributed by atoms with Gasteiger partial charge in [0.25, 0.3) is 5.69 Å². The average molecular weight is 453 g/mol. The molecule has 0 saturated heterocycles. The first kappa shape index (κ1) is 20.8. The maximum absolute atomic E-state index is 12.9. The highest BCUT2D eigenvalue weighted by molar-refractivity contribution is 6.36. The van der Waals surface area contributed by atoms with E-state index in [1.165, 1.54) is 12.1 Å². The quantitative estimate of drug-likeness (QED) is 0.196. The number of non-ortho nitro benzene ring substituents is 1. The summed E-state index contributed by atoms with van der Waals surface area (Å²) in [5, 5.41) is 12.5. The third-order valence-corrected chi connectivity index (χ3v) is 5.18. The fourth-order valence-corrected chi connectivity index (χ4v) is 3.67. The molecule has 0 N–H and O–H groups in total. The van der Waals surface area contributed by atoms with Crippen LogP contribution < -0.4 is 0 Å². The lowest BCUT2D eigenvalue weighted by atomic mass is 10.0. The van der Waals surface area contributed by atoms with Crippen LogP contribution >= 0.6 is 23.2 Å². The molecule has 0 aliphatic carbocycles. The van der Waals surface area contributed by atoms with Gasteiger partial charge in [-0.25, -0.2) is 9.78 Å². The van der Waals surface area contributed by atoms with Gasteiger partial charge in [0, 0.05) is 28.1 Å². The monoisotopic (exact) mass is 452 g/mol. The number of carbonyl (C=O) groups excluding carboxylic acids is 1. The summed E-state index contributed by atoms with van der Waals surface area (Å²) in [6, 6.07) is 19.8. The summed E-state index contributed by atoms with van der Waals surface area (Å²) < 4.78 is 5.45. The van der Waals surface area contributed by atoms with Gasteiger partial charge in [-0.1, -0.05) is 53.5 Å². The van der Waals surface area contributed by atoms with Crippen molar-refractivity contribution in [3.05, 3.63) is 104 Å². The van der Waals surface area contributed by atoms with Gasteiger partial charge in [-0.15, -0.1) is 0 Å². The highest BCUT2D eigenvalue weighted by Crippen LogP contribution is 2.32. The molecule has 4 aromatic rings. The second kappa shape index (κ2) is 8.71. The molecule has 0 spiro atoms. The Morgan fingerprint density at radius 3 is 2.58 bits per heavy atom. The lowest BCUT2D eigenvalue weighted by Crippen LogP contribution is -2.07. The topological polar surface area (TPSA) is 82.3 Å². The number of halogens is 2. The number of nitro groups is 1. The van der Waals surface area contributed by atoms with Crippen LogP contribution in [0.5, 0.6) is 0 Å². The van der Waals surface area contributed by atoms with Crippen molar-refractivity contribution in [2.24, 2.45) is 0 Å². The molecule has 0 aliphatic rings. The summed E-state index contributed by atoms with van der Waals surface area (Å²) >= 11 is 12.3. The molecule has 8 heteroatoms. The number of pyridine rings is 1. The predicted molar refractivity (Wildman–Crippen MR) is 119 cm³/mol. The number of carbonyl (C=O) groups is 1. The van der Waals surface area contributed by atoms with E-state index in [0.717, 1.165) is 0 Å². The van der Waals surface area contributed by atoms with E-state index in [9.17, 15) is 14.9 Å². The van der Waals surface area contributed by atoms with Gasteiger partial charge in [-0.2, -0.15) is 0 Å². The normalized spacial score (nSPS) is 10.8. The number of hydrogen-bond acceptors (Lipinski definition) is 5. The molecule has 154 valence electrons. The fourth-order valence-electron chi connectivity index (χ4n) is 3.17. The zero-order chi connectivity index (χ0) is 22.0. The van der Waals surface area contributed by atoms with E-state index in [4.69, 9.17) is 27.9 Å². The standard InChI is InChI=1S/C23H14Cl2N2O4/c24-15-8-9-18(20(25)11-15)22-12-19(17-6-1-2-7-21(17)26-22)23(28)31-13-14-4-3-5-16(10-14)27(29)30/h1-12H,13H2. The van der Waals surface area contributed by atoms with E-state index in [1.807, 2.05) is 6.07 Å². The van der Waals surface area contributed by atoms with Crippen LogP contribution in [0.1, 0.15) is 15.9 Å². The van der Waals surface area contributed by atoms with Gasteiger partial charge in [0.2, 0.25) is 0 Å². The molecule has 0 unspecified atom stereocenters. The number of benzene rings is 3. The van der Waals surface area contributed by atoms with Crippen molar-refractivity contribution in [2.45, 2.75) is 6.61 Å². The van der Waals surface area contributed by atoms with E-state index in [2.05, 4.69) is 4.98 Å². The van der Waals surface area contributed by atoms with Crippen LogP contribution in [0.2, 0.25) is 10.0 Å². The van der Waals surface area contributed by atoms with Gasteiger partial charge in [-0.3, -0.25) is 10.1 Å². The van der Waals surface area contributed by atoms with Crippen molar-refractivity contribution in [1.29, 1.82) is 0 Å². The minimum atomic E-state index is -0.573. The van der Waals surface area contributed by atoms with Crippen molar-refractivity contribution in [1.82, 2.24) is 4.98 Å². The van der Waals surface area contributed by atoms with E-state index < -0.39 is 10.9 Å². The number of aromatic nitrogens is 1. The van der Waals surface area contributed by atoms with Crippen LogP contribution in [0.4, 0.5) is 5.69 Å². The zero-order valence-corrected chi connectivity index (χ0v) is 17.4. The summed E-state index contributed by atoms with van der Waals surface area (Å²) in [6.07, 6.45) is 0. The number of ether oxygens (including phenoxy) is 1. The molecule has 3 aromatic carbocycles. The lowest BCUT2D eigenvalue weighted by molar-refractivity contribution is -0.384. The lowest BCUT2D eigenvalue weighted by Gasteiger charge is -2.11. The van der Waals surface area contributed by atoms with Crippen LogP contribution in [0, 0.1) is 10.1 Å². The van der Waals surface area contributed by atoms with Crippen LogP contribution in [-0.2, 0) is 11.3 Å². The van der Waals surface area contributed by atoms with E-state index in [-0.39, 0.29) is 12.3 Å². The zero-order valence-electron chi connectivity index (χ0n) is 15.9. The van der Waals surface area contributed by atoms with E-state index >= 15 is 0 Å². The van der Waals surface area contributed by atoms with Crippen molar-refractivity contribution in [3.8, 4) is 11.3 Å². The van der Waals surface area contributed by atoms with Gasteiger partial charge in [-0.05, 0) is 35.9 Å². The number of hydrogen-bond donors (Lipinski definition) is 0. The minimum absolute atomic E-state index is 0.0671. The van der Waals surface area contributed by atoms with Gasteiger partial charge >= 0.3 is 5.97 Å². The molecule has 0 atom stereocenters. The first-order valence-electron chi connectivity index (χ1n) is 9.18. The number of nitro benzene ring substituents is 1. The molecular weight excluding hydrogens is 439 g/mol. The molecule has 31 heavy (non-hydrogen) atoms. The molecule has 0 radical (unpaired) electrons. The number of rotatable bonds is 5. The molecule has 0 saturated carbocycles. The Bertz CT molecular complexity index is 1320. The van der Waals surface area contributed by atoms with Crippen molar-refractivity contribution >= 4 is 45.8 Å².